The standard InChI is InChI=1S/C21H22Cl3N3OS/c1-4-26(5-2)8-9-27(20(28)14-10-15(22)12-16(23)11-14)21-25-18-13(3)6-7-17(24)19(18)29-21/h6-7,10-12H,4-5,8-9H2,1-3H3. The Hall–Kier alpha value is -1.37. The van der Waals surface area contributed by atoms with Gasteiger partial charge >= 0.3 is 0 Å². The van der Waals surface area contributed by atoms with Crippen LogP contribution in [0.25, 0.3) is 10.2 Å². The molecule has 0 fully saturated rings. The van der Waals surface area contributed by atoms with Crippen molar-refractivity contribution >= 4 is 67.4 Å². The van der Waals surface area contributed by atoms with E-state index in [4.69, 9.17) is 39.8 Å². The van der Waals surface area contributed by atoms with E-state index in [1.165, 1.54) is 11.3 Å². The Morgan fingerprint density at radius 1 is 1.03 bits per heavy atom. The van der Waals surface area contributed by atoms with Gasteiger partial charge in [0, 0.05) is 28.7 Å². The highest BCUT2D eigenvalue weighted by molar-refractivity contribution is 7.23. The number of aromatic nitrogens is 1. The topological polar surface area (TPSA) is 36.4 Å². The summed E-state index contributed by atoms with van der Waals surface area (Å²) >= 11 is 20.1. The number of likely N-dealkylation sites (N-methyl/N-ethyl adjacent to an activating group) is 1. The smallest absolute Gasteiger partial charge is 0.260 e. The zero-order chi connectivity index (χ0) is 21.1. The lowest BCUT2D eigenvalue weighted by Gasteiger charge is -2.25. The molecule has 3 aromatic rings. The van der Waals surface area contributed by atoms with Gasteiger partial charge in [-0.1, -0.05) is 66.1 Å². The van der Waals surface area contributed by atoms with Gasteiger partial charge in [-0.15, -0.1) is 0 Å². The lowest BCUT2D eigenvalue weighted by molar-refractivity contribution is 0.0984. The number of thiazole rings is 1. The molecule has 29 heavy (non-hydrogen) atoms. The summed E-state index contributed by atoms with van der Waals surface area (Å²) in [6.07, 6.45) is 0. The van der Waals surface area contributed by atoms with Crippen molar-refractivity contribution in [3.63, 3.8) is 0 Å². The Balaban J connectivity index is 2.04. The van der Waals surface area contributed by atoms with Crippen molar-refractivity contribution in [3.8, 4) is 0 Å². The molecule has 0 saturated carbocycles. The molecule has 0 unspecified atom stereocenters. The highest BCUT2D eigenvalue weighted by atomic mass is 35.5. The molecule has 0 radical (unpaired) electrons. The Kier molecular flexibility index (Phi) is 7.41. The van der Waals surface area contributed by atoms with Crippen LogP contribution in [0, 0.1) is 6.92 Å². The van der Waals surface area contributed by atoms with E-state index in [0.29, 0.717) is 32.3 Å². The number of fused-ring (bicyclic) bond motifs is 1. The molecular weight excluding hydrogens is 449 g/mol. The first kappa shape index (κ1) is 22.3. The summed E-state index contributed by atoms with van der Waals surface area (Å²) in [7, 11) is 0. The maximum absolute atomic E-state index is 13.4. The molecule has 0 atom stereocenters. The molecule has 1 amide bonds. The minimum absolute atomic E-state index is 0.186. The molecule has 0 saturated heterocycles. The number of anilines is 1. The van der Waals surface area contributed by atoms with Gasteiger partial charge in [0.2, 0.25) is 0 Å². The maximum Gasteiger partial charge on any atom is 0.260 e. The van der Waals surface area contributed by atoms with Gasteiger partial charge in [-0.25, -0.2) is 4.98 Å². The highest BCUT2D eigenvalue weighted by Gasteiger charge is 2.23. The summed E-state index contributed by atoms with van der Waals surface area (Å²) in [5.41, 5.74) is 2.28. The Labute approximate surface area is 190 Å². The van der Waals surface area contributed by atoms with Gasteiger partial charge in [0.1, 0.15) is 0 Å². The van der Waals surface area contributed by atoms with E-state index in [1.807, 2.05) is 19.1 Å². The normalized spacial score (nSPS) is 11.4. The zero-order valence-electron chi connectivity index (χ0n) is 16.5. The third-order valence-corrected chi connectivity index (χ3v) is 6.78. The summed E-state index contributed by atoms with van der Waals surface area (Å²) in [5, 5.41) is 2.10. The van der Waals surface area contributed by atoms with E-state index < -0.39 is 0 Å². The third kappa shape index (κ3) is 5.04. The number of hydrogen-bond donors (Lipinski definition) is 0. The van der Waals surface area contributed by atoms with Crippen LogP contribution in [0.15, 0.2) is 30.3 Å². The molecule has 2 aromatic carbocycles. The molecule has 1 heterocycles. The summed E-state index contributed by atoms with van der Waals surface area (Å²) in [6, 6.07) is 8.67. The Morgan fingerprint density at radius 3 is 2.28 bits per heavy atom. The summed E-state index contributed by atoms with van der Waals surface area (Å²) in [4.78, 5) is 22.1. The largest absolute Gasteiger partial charge is 0.302 e. The number of amides is 1. The van der Waals surface area contributed by atoms with Crippen LogP contribution in [0.2, 0.25) is 15.1 Å². The van der Waals surface area contributed by atoms with Crippen molar-refractivity contribution in [3.05, 3.63) is 56.5 Å². The van der Waals surface area contributed by atoms with Crippen LogP contribution in [0.5, 0.6) is 0 Å². The van der Waals surface area contributed by atoms with Crippen molar-refractivity contribution < 1.29 is 4.79 Å². The average Bonchev–Trinajstić information content (AvgIpc) is 3.13. The van der Waals surface area contributed by atoms with Gasteiger partial charge in [0.05, 0.1) is 15.2 Å². The van der Waals surface area contributed by atoms with Gasteiger partial charge in [0.15, 0.2) is 5.13 Å². The molecule has 0 aliphatic heterocycles. The van der Waals surface area contributed by atoms with Crippen LogP contribution in [-0.4, -0.2) is 42.0 Å². The molecule has 8 heteroatoms. The Morgan fingerprint density at radius 2 is 1.69 bits per heavy atom. The average molecular weight is 471 g/mol. The second-order valence-electron chi connectivity index (χ2n) is 6.68. The van der Waals surface area contributed by atoms with E-state index in [-0.39, 0.29) is 5.91 Å². The molecule has 0 bridgehead atoms. The fraction of sp³-hybridized carbons (Fsp3) is 0.333. The lowest BCUT2D eigenvalue weighted by atomic mass is 10.2. The first-order valence-corrected chi connectivity index (χ1v) is 11.3. The summed E-state index contributed by atoms with van der Waals surface area (Å²) in [6.45, 7) is 9.25. The number of benzene rings is 2. The van der Waals surface area contributed by atoms with E-state index in [2.05, 4.69) is 18.7 Å². The van der Waals surface area contributed by atoms with Gasteiger partial charge < -0.3 is 4.90 Å². The maximum atomic E-state index is 13.4. The van der Waals surface area contributed by atoms with E-state index in [0.717, 1.165) is 35.4 Å². The van der Waals surface area contributed by atoms with E-state index >= 15 is 0 Å². The minimum atomic E-state index is -0.186. The molecule has 1 aromatic heterocycles. The number of carbonyl (C=O) groups is 1. The fourth-order valence-electron chi connectivity index (χ4n) is 3.10. The first-order valence-electron chi connectivity index (χ1n) is 9.40. The predicted molar refractivity (Wildman–Crippen MR) is 125 cm³/mol. The van der Waals surface area contributed by atoms with Crippen molar-refractivity contribution in [2.75, 3.05) is 31.1 Å². The monoisotopic (exact) mass is 469 g/mol. The minimum Gasteiger partial charge on any atom is -0.302 e. The number of aryl methyl sites for hydroxylation is 1. The Bertz CT molecular complexity index is 974. The van der Waals surface area contributed by atoms with Crippen LogP contribution in [0.4, 0.5) is 5.13 Å². The predicted octanol–water partition coefficient (Wildman–Crippen LogP) is 6.55. The van der Waals surface area contributed by atoms with E-state index in [9.17, 15) is 4.79 Å². The van der Waals surface area contributed by atoms with Gasteiger partial charge in [0.25, 0.3) is 5.91 Å². The lowest BCUT2D eigenvalue weighted by Crippen LogP contribution is -2.38. The van der Waals surface area contributed by atoms with E-state index in [1.54, 1.807) is 23.1 Å². The second kappa shape index (κ2) is 9.63. The summed E-state index contributed by atoms with van der Waals surface area (Å²) in [5.74, 6) is -0.186. The highest BCUT2D eigenvalue weighted by Crippen LogP contribution is 2.36. The van der Waals surface area contributed by atoms with Gasteiger partial charge in [-0.3, -0.25) is 9.69 Å². The number of carbonyl (C=O) groups excluding carboxylic acids is 1. The first-order chi connectivity index (χ1) is 13.8. The fourth-order valence-corrected chi connectivity index (χ4v) is 4.97. The van der Waals surface area contributed by atoms with Crippen LogP contribution in [0.1, 0.15) is 29.8 Å². The van der Waals surface area contributed by atoms with Crippen LogP contribution < -0.4 is 4.90 Å². The van der Waals surface area contributed by atoms with Crippen LogP contribution >= 0.6 is 46.1 Å². The van der Waals surface area contributed by atoms with Gasteiger partial charge in [-0.05, 0) is 49.8 Å². The summed E-state index contributed by atoms with van der Waals surface area (Å²) < 4.78 is 0.881. The quantitative estimate of drug-likeness (QED) is 0.392. The number of halogens is 3. The second-order valence-corrected chi connectivity index (χ2v) is 8.94. The zero-order valence-corrected chi connectivity index (χ0v) is 19.6. The number of rotatable bonds is 7. The van der Waals surface area contributed by atoms with Crippen molar-refractivity contribution in [1.29, 1.82) is 0 Å². The molecule has 0 aliphatic rings. The van der Waals surface area contributed by atoms with Gasteiger partial charge in [-0.2, -0.15) is 0 Å². The third-order valence-electron chi connectivity index (χ3n) is 4.81. The molecule has 0 aliphatic carbocycles. The van der Waals surface area contributed by atoms with Crippen molar-refractivity contribution in [2.24, 2.45) is 0 Å². The van der Waals surface area contributed by atoms with Crippen molar-refractivity contribution in [2.45, 2.75) is 20.8 Å². The van der Waals surface area contributed by atoms with Crippen LogP contribution in [-0.2, 0) is 0 Å². The van der Waals surface area contributed by atoms with Crippen molar-refractivity contribution in [1.82, 2.24) is 9.88 Å². The SMILES string of the molecule is CCN(CC)CCN(C(=O)c1cc(Cl)cc(Cl)c1)c1nc2c(C)ccc(Cl)c2s1. The number of nitrogens with zero attached hydrogens (tertiary/aromatic N) is 3. The molecule has 4 nitrogen and oxygen atoms in total. The molecule has 154 valence electrons. The molecule has 0 N–H and O–H groups in total. The molecular formula is C21H22Cl3N3OS. The number of hydrogen-bond acceptors (Lipinski definition) is 4. The molecule has 3 rings (SSSR count). The van der Waals surface area contributed by atoms with Crippen LogP contribution in [0.3, 0.4) is 0 Å². The molecule has 0 spiro atoms.